The smallest absolute Gasteiger partial charge is 0.335 e. The molecule has 0 aliphatic heterocycles. The average Bonchev–Trinajstić information content (AvgIpc) is 2.28. The summed E-state index contributed by atoms with van der Waals surface area (Å²) >= 11 is 5.14. The molecule has 0 aliphatic rings. The lowest BCUT2D eigenvalue weighted by Crippen LogP contribution is -2.08. The highest BCUT2D eigenvalue weighted by atomic mass is 79.9. The van der Waals surface area contributed by atoms with E-state index in [9.17, 15) is 4.79 Å². The number of thioether (sulfide) groups is 1. The molecule has 1 aromatic rings. The molecule has 1 aromatic carbocycles. The summed E-state index contributed by atoms with van der Waals surface area (Å²) in [5, 5.41) is 12.8. The molecule has 0 saturated carbocycles. The van der Waals surface area contributed by atoms with Gasteiger partial charge in [-0.1, -0.05) is 22.9 Å². The van der Waals surface area contributed by atoms with Gasteiger partial charge in [0.2, 0.25) is 0 Å². The van der Waals surface area contributed by atoms with Crippen LogP contribution >= 0.6 is 27.7 Å². The number of hydrogen-bond donors (Lipinski definition) is 2. The monoisotopic (exact) mass is 317 g/mol. The van der Waals surface area contributed by atoms with Gasteiger partial charge in [0.05, 0.1) is 5.56 Å². The summed E-state index contributed by atoms with van der Waals surface area (Å²) in [6, 6.07) is 5.13. The summed E-state index contributed by atoms with van der Waals surface area (Å²) in [4.78, 5) is 10.9. The highest BCUT2D eigenvalue weighted by Crippen LogP contribution is 2.20. The minimum absolute atomic E-state index is 0.291. The van der Waals surface area contributed by atoms with E-state index in [-0.39, 0.29) is 0 Å². The number of halogens is 1. The third kappa shape index (κ3) is 5.00. The van der Waals surface area contributed by atoms with Gasteiger partial charge in [-0.2, -0.15) is 11.8 Å². The first-order chi connectivity index (χ1) is 8.02. The molecule has 1 unspecified atom stereocenters. The van der Waals surface area contributed by atoms with Crippen LogP contribution in [-0.2, 0) is 0 Å². The van der Waals surface area contributed by atoms with Crippen LogP contribution in [0.2, 0.25) is 0 Å². The van der Waals surface area contributed by atoms with Gasteiger partial charge in [0.25, 0.3) is 0 Å². The van der Waals surface area contributed by atoms with Crippen molar-refractivity contribution in [3.8, 4) is 0 Å². The van der Waals surface area contributed by atoms with E-state index >= 15 is 0 Å². The number of nitrogens with one attached hydrogen (secondary N) is 1. The fourth-order valence-electron chi connectivity index (χ4n) is 1.35. The number of rotatable bonds is 6. The molecule has 3 nitrogen and oxygen atoms in total. The minimum Gasteiger partial charge on any atom is -0.478 e. The van der Waals surface area contributed by atoms with E-state index < -0.39 is 5.97 Å². The zero-order chi connectivity index (χ0) is 12.8. The number of carboxylic acids is 1. The zero-order valence-electron chi connectivity index (χ0n) is 9.87. The van der Waals surface area contributed by atoms with Crippen LogP contribution < -0.4 is 5.32 Å². The van der Waals surface area contributed by atoms with Crippen LogP contribution in [0, 0.1) is 0 Å². The number of benzene rings is 1. The van der Waals surface area contributed by atoms with E-state index in [0.29, 0.717) is 10.8 Å². The molecule has 0 radical (unpaired) electrons. The standard InChI is InChI=1S/C12H16BrNO2S/c1-8(17-2)3-4-14-11-6-9(12(15)16)5-10(13)7-11/h5-8,14H,3-4H2,1-2H3,(H,15,16). The molecular weight excluding hydrogens is 302 g/mol. The van der Waals surface area contributed by atoms with Crippen LogP contribution in [-0.4, -0.2) is 29.1 Å². The second-order valence-electron chi connectivity index (χ2n) is 3.80. The lowest BCUT2D eigenvalue weighted by molar-refractivity contribution is 0.0697. The Hall–Kier alpha value is -0.680. The maximum absolute atomic E-state index is 10.9. The first kappa shape index (κ1) is 14.4. The van der Waals surface area contributed by atoms with Crippen LogP contribution in [0.25, 0.3) is 0 Å². The highest BCUT2D eigenvalue weighted by Gasteiger charge is 2.06. The van der Waals surface area contributed by atoms with Crippen LogP contribution in [0.3, 0.4) is 0 Å². The molecule has 17 heavy (non-hydrogen) atoms. The SMILES string of the molecule is CSC(C)CCNc1cc(Br)cc(C(=O)O)c1. The lowest BCUT2D eigenvalue weighted by atomic mass is 10.2. The highest BCUT2D eigenvalue weighted by molar-refractivity contribution is 9.10. The molecule has 94 valence electrons. The number of hydrogen-bond acceptors (Lipinski definition) is 3. The second kappa shape index (κ2) is 6.91. The molecule has 0 spiro atoms. The molecule has 0 heterocycles. The third-order valence-corrected chi connectivity index (χ3v) is 3.93. The van der Waals surface area contributed by atoms with Gasteiger partial charge < -0.3 is 10.4 Å². The predicted molar refractivity (Wildman–Crippen MR) is 77.2 cm³/mol. The second-order valence-corrected chi connectivity index (χ2v) is 5.99. The Bertz CT molecular complexity index is 398. The van der Waals surface area contributed by atoms with E-state index in [1.165, 1.54) is 0 Å². The van der Waals surface area contributed by atoms with Crippen molar-refractivity contribution in [2.24, 2.45) is 0 Å². The molecule has 0 aromatic heterocycles. The summed E-state index contributed by atoms with van der Waals surface area (Å²) in [5.41, 5.74) is 1.13. The quantitative estimate of drug-likeness (QED) is 0.840. The van der Waals surface area contributed by atoms with Crippen LogP contribution in [0.5, 0.6) is 0 Å². The Balaban J connectivity index is 2.62. The maximum Gasteiger partial charge on any atom is 0.335 e. The van der Waals surface area contributed by atoms with Gasteiger partial charge in [-0.15, -0.1) is 0 Å². The van der Waals surface area contributed by atoms with Crippen LogP contribution in [0.1, 0.15) is 23.7 Å². The number of aromatic carboxylic acids is 1. The van der Waals surface area contributed by atoms with Crippen molar-refractivity contribution < 1.29 is 9.90 Å². The Labute approximate surface area is 114 Å². The maximum atomic E-state index is 10.9. The van der Waals surface area contributed by atoms with E-state index in [1.807, 2.05) is 17.8 Å². The van der Waals surface area contributed by atoms with Gasteiger partial charge in [0, 0.05) is 22.0 Å². The van der Waals surface area contributed by atoms with Gasteiger partial charge in [-0.25, -0.2) is 4.79 Å². The molecule has 1 atom stereocenters. The van der Waals surface area contributed by atoms with Crippen molar-refractivity contribution in [3.05, 3.63) is 28.2 Å². The van der Waals surface area contributed by atoms with E-state index in [4.69, 9.17) is 5.11 Å². The molecule has 0 fully saturated rings. The molecule has 5 heteroatoms. The van der Waals surface area contributed by atoms with Crippen molar-refractivity contribution in [3.63, 3.8) is 0 Å². The molecule has 0 bridgehead atoms. The van der Waals surface area contributed by atoms with Crippen LogP contribution in [0.4, 0.5) is 5.69 Å². The average molecular weight is 318 g/mol. The Morgan fingerprint density at radius 2 is 2.24 bits per heavy atom. The van der Waals surface area contributed by atoms with Crippen molar-refractivity contribution in [1.82, 2.24) is 0 Å². The van der Waals surface area contributed by atoms with E-state index in [0.717, 1.165) is 23.1 Å². The molecule has 2 N–H and O–H groups in total. The summed E-state index contributed by atoms with van der Waals surface area (Å²) in [5.74, 6) is -0.910. The third-order valence-electron chi connectivity index (χ3n) is 2.43. The lowest BCUT2D eigenvalue weighted by Gasteiger charge is -2.11. The number of carboxylic acid groups (broad SMARTS) is 1. The summed E-state index contributed by atoms with van der Waals surface area (Å²) < 4.78 is 0.776. The first-order valence-corrected chi connectivity index (χ1v) is 7.41. The van der Waals surface area contributed by atoms with Gasteiger partial charge in [0.15, 0.2) is 0 Å². The minimum atomic E-state index is -0.910. The first-order valence-electron chi connectivity index (χ1n) is 5.33. The fraction of sp³-hybridized carbons (Fsp3) is 0.417. The Morgan fingerprint density at radius 3 is 2.82 bits per heavy atom. The van der Waals surface area contributed by atoms with Gasteiger partial charge in [-0.3, -0.25) is 0 Å². The van der Waals surface area contributed by atoms with Gasteiger partial charge in [0.1, 0.15) is 0 Å². The van der Waals surface area contributed by atoms with Crippen molar-refractivity contribution in [2.45, 2.75) is 18.6 Å². The Kier molecular flexibility index (Phi) is 5.85. The molecule has 1 rings (SSSR count). The van der Waals surface area contributed by atoms with Crippen molar-refractivity contribution in [1.29, 1.82) is 0 Å². The molecule has 0 aliphatic carbocycles. The summed E-state index contributed by atoms with van der Waals surface area (Å²) in [7, 11) is 0. The summed E-state index contributed by atoms with van der Waals surface area (Å²) in [6.07, 6.45) is 3.14. The number of anilines is 1. The predicted octanol–water partition coefficient (Wildman–Crippen LogP) is 3.70. The van der Waals surface area contributed by atoms with Crippen molar-refractivity contribution >= 4 is 39.3 Å². The van der Waals surface area contributed by atoms with Gasteiger partial charge >= 0.3 is 5.97 Å². The van der Waals surface area contributed by atoms with E-state index in [1.54, 1.807) is 12.1 Å². The molecular formula is C12H16BrNO2S. The topological polar surface area (TPSA) is 49.3 Å². The fourth-order valence-corrected chi connectivity index (χ4v) is 2.20. The zero-order valence-corrected chi connectivity index (χ0v) is 12.3. The normalized spacial score (nSPS) is 12.2. The summed E-state index contributed by atoms with van der Waals surface area (Å²) in [6.45, 7) is 3.02. The largest absolute Gasteiger partial charge is 0.478 e. The molecule has 0 saturated heterocycles. The number of carbonyl (C=O) groups is 1. The van der Waals surface area contributed by atoms with Crippen molar-refractivity contribution in [2.75, 3.05) is 18.1 Å². The van der Waals surface area contributed by atoms with E-state index in [2.05, 4.69) is 34.4 Å². The van der Waals surface area contributed by atoms with Crippen LogP contribution in [0.15, 0.2) is 22.7 Å². The molecule has 0 amide bonds. The Morgan fingerprint density at radius 1 is 1.53 bits per heavy atom. The van der Waals surface area contributed by atoms with Gasteiger partial charge in [-0.05, 0) is 30.9 Å².